The highest BCUT2D eigenvalue weighted by molar-refractivity contribution is 7.89. The van der Waals surface area contributed by atoms with E-state index in [1.807, 2.05) is 26.8 Å². The molecule has 0 aromatic heterocycles. The minimum absolute atomic E-state index is 0.0466. The van der Waals surface area contributed by atoms with Gasteiger partial charge in [-0.2, -0.15) is 0 Å². The molecule has 0 radical (unpaired) electrons. The molecule has 1 unspecified atom stereocenters. The van der Waals surface area contributed by atoms with Crippen LogP contribution in [0.2, 0.25) is 0 Å². The highest BCUT2D eigenvalue weighted by Gasteiger charge is 2.19. The van der Waals surface area contributed by atoms with Gasteiger partial charge in [-0.05, 0) is 32.4 Å². The standard InChI is InChI=1S/C13H22N2O2S/c1-4-8-11(3)15-18(16,17)13-10-7-6-9-12(13)14-5-2/h6-7,9-11,14-15H,4-5,8H2,1-3H3. The lowest BCUT2D eigenvalue weighted by molar-refractivity contribution is 0.544. The summed E-state index contributed by atoms with van der Waals surface area (Å²) < 4.78 is 27.2. The van der Waals surface area contributed by atoms with E-state index >= 15 is 0 Å². The predicted octanol–water partition coefficient (Wildman–Crippen LogP) is 2.59. The van der Waals surface area contributed by atoms with Crippen molar-refractivity contribution in [2.24, 2.45) is 0 Å². The van der Waals surface area contributed by atoms with Gasteiger partial charge in [0.05, 0.1) is 5.69 Å². The van der Waals surface area contributed by atoms with Gasteiger partial charge in [-0.15, -0.1) is 0 Å². The van der Waals surface area contributed by atoms with Gasteiger partial charge in [-0.1, -0.05) is 25.5 Å². The second-order valence-electron chi connectivity index (χ2n) is 4.34. The Hall–Kier alpha value is -1.07. The Morgan fingerprint density at radius 2 is 1.89 bits per heavy atom. The highest BCUT2D eigenvalue weighted by atomic mass is 32.2. The first-order valence-electron chi connectivity index (χ1n) is 6.36. The summed E-state index contributed by atoms with van der Waals surface area (Å²) in [5, 5.41) is 3.07. The van der Waals surface area contributed by atoms with Gasteiger partial charge < -0.3 is 5.32 Å². The average Bonchev–Trinajstić information content (AvgIpc) is 2.29. The Morgan fingerprint density at radius 1 is 1.22 bits per heavy atom. The molecule has 0 aliphatic carbocycles. The molecule has 0 amide bonds. The van der Waals surface area contributed by atoms with Gasteiger partial charge in [0.25, 0.3) is 0 Å². The summed E-state index contributed by atoms with van der Waals surface area (Å²) in [6.07, 6.45) is 1.79. The molecule has 0 spiro atoms. The van der Waals surface area contributed by atoms with Gasteiger partial charge >= 0.3 is 0 Å². The smallest absolute Gasteiger partial charge is 0.242 e. The molecule has 0 aliphatic heterocycles. The van der Waals surface area contributed by atoms with E-state index in [1.165, 1.54) is 0 Å². The van der Waals surface area contributed by atoms with Gasteiger partial charge in [-0.3, -0.25) is 0 Å². The van der Waals surface area contributed by atoms with E-state index in [-0.39, 0.29) is 6.04 Å². The maximum Gasteiger partial charge on any atom is 0.242 e. The third-order valence-corrected chi connectivity index (χ3v) is 4.27. The number of rotatable bonds is 7. The van der Waals surface area contributed by atoms with E-state index in [0.717, 1.165) is 12.8 Å². The summed E-state index contributed by atoms with van der Waals surface area (Å²) in [5.41, 5.74) is 0.649. The first kappa shape index (κ1) is 15.0. The summed E-state index contributed by atoms with van der Waals surface area (Å²) in [5.74, 6) is 0. The minimum atomic E-state index is -3.45. The van der Waals surface area contributed by atoms with Crippen molar-refractivity contribution in [1.82, 2.24) is 4.72 Å². The van der Waals surface area contributed by atoms with Gasteiger partial charge in [0.1, 0.15) is 4.90 Å². The molecule has 0 fully saturated rings. The van der Waals surface area contributed by atoms with Crippen LogP contribution in [0.25, 0.3) is 0 Å². The third kappa shape index (κ3) is 3.99. The van der Waals surface area contributed by atoms with Crippen LogP contribution in [0.4, 0.5) is 5.69 Å². The van der Waals surface area contributed by atoms with E-state index in [2.05, 4.69) is 10.0 Å². The number of hydrogen-bond acceptors (Lipinski definition) is 3. The van der Waals surface area contributed by atoms with Crippen molar-refractivity contribution in [2.75, 3.05) is 11.9 Å². The molecule has 0 bridgehead atoms. The highest BCUT2D eigenvalue weighted by Crippen LogP contribution is 2.20. The van der Waals surface area contributed by atoms with Crippen LogP contribution in [0, 0.1) is 0 Å². The van der Waals surface area contributed by atoms with E-state index in [0.29, 0.717) is 17.1 Å². The van der Waals surface area contributed by atoms with Crippen molar-refractivity contribution in [1.29, 1.82) is 0 Å². The Balaban J connectivity index is 2.97. The minimum Gasteiger partial charge on any atom is -0.384 e. The largest absolute Gasteiger partial charge is 0.384 e. The maximum absolute atomic E-state index is 12.3. The number of nitrogens with one attached hydrogen (secondary N) is 2. The number of hydrogen-bond donors (Lipinski definition) is 2. The molecule has 102 valence electrons. The average molecular weight is 270 g/mol. The van der Waals surface area contributed by atoms with Crippen molar-refractivity contribution in [2.45, 2.75) is 44.6 Å². The van der Waals surface area contributed by atoms with Crippen LogP contribution >= 0.6 is 0 Å². The zero-order valence-electron chi connectivity index (χ0n) is 11.2. The first-order valence-corrected chi connectivity index (χ1v) is 7.84. The van der Waals surface area contributed by atoms with E-state index in [9.17, 15) is 8.42 Å². The Kier molecular flexibility index (Phi) is 5.62. The van der Waals surface area contributed by atoms with Crippen LogP contribution in [0.15, 0.2) is 29.2 Å². The van der Waals surface area contributed by atoms with Gasteiger partial charge in [-0.25, -0.2) is 13.1 Å². The molecule has 0 heterocycles. The fraction of sp³-hybridized carbons (Fsp3) is 0.538. The maximum atomic E-state index is 12.3. The van der Waals surface area contributed by atoms with Crippen LogP contribution in [-0.4, -0.2) is 21.0 Å². The van der Waals surface area contributed by atoms with Crippen molar-refractivity contribution in [3.8, 4) is 0 Å². The molecule has 1 atom stereocenters. The van der Waals surface area contributed by atoms with Gasteiger partial charge in [0, 0.05) is 12.6 Å². The summed E-state index contributed by atoms with van der Waals surface area (Å²) in [7, 11) is -3.45. The quantitative estimate of drug-likeness (QED) is 0.800. The molecule has 0 aliphatic rings. The van der Waals surface area contributed by atoms with Crippen LogP contribution in [0.5, 0.6) is 0 Å². The second-order valence-corrected chi connectivity index (χ2v) is 6.02. The molecule has 18 heavy (non-hydrogen) atoms. The molecule has 0 saturated carbocycles. The summed E-state index contributed by atoms with van der Waals surface area (Å²) in [6, 6.07) is 6.92. The van der Waals surface area contributed by atoms with Crippen LogP contribution in [-0.2, 0) is 10.0 Å². The topological polar surface area (TPSA) is 58.2 Å². The van der Waals surface area contributed by atoms with Crippen molar-refractivity contribution >= 4 is 15.7 Å². The van der Waals surface area contributed by atoms with E-state index < -0.39 is 10.0 Å². The second kappa shape index (κ2) is 6.75. The van der Waals surface area contributed by atoms with Crippen LogP contribution < -0.4 is 10.0 Å². The number of benzene rings is 1. The van der Waals surface area contributed by atoms with Gasteiger partial charge in [0.15, 0.2) is 0 Å². The monoisotopic (exact) mass is 270 g/mol. The van der Waals surface area contributed by atoms with E-state index in [4.69, 9.17) is 0 Å². The molecule has 5 heteroatoms. The number of anilines is 1. The Morgan fingerprint density at radius 3 is 2.50 bits per heavy atom. The number of para-hydroxylation sites is 1. The predicted molar refractivity (Wildman–Crippen MR) is 75.3 cm³/mol. The fourth-order valence-corrected chi connectivity index (χ4v) is 3.32. The van der Waals surface area contributed by atoms with Crippen LogP contribution in [0.1, 0.15) is 33.6 Å². The van der Waals surface area contributed by atoms with Gasteiger partial charge in [0.2, 0.25) is 10.0 Å². The van der Waals surface area contributed by atoms with Crippen molar-refractivity contribution < 1.29 is 8.42 Å². The molecule has 1 aromatic rings. The zero-order valence-corrected chi connectivity index (χ0v) is 12.0. The van der Waals surface area contributed by atoms with Crippen LogP contribution in [0.3, 0.4) is 0 Å². The van der Waals surface area contributed by atoms with E-state index in [1.54, 1.807) is 18.2 Å². The number of sulfonamides is 1. The molecule has 1 rings (SSSR count). The first-order chi connectivity index (χ1) is 8.51. The molecule has 1 aromatic carbocycles. The third-order valence-electron chi connectivity index (χ3n) is 2.62. The molecule has 0 saturated heterocycles. The lowest BCUT2D eigenvalue weighted by Gasteiger charge is -2.16. The SMILES string of the molecule is CCCC(C)NS(=O)(=O)c1ccccc1NCC. The summed E-state index contributed by atoms with van der Waals surface area (Å²) in [6.45, 7) is 6.56. The summed E-state index contributed by atoms with van der Waals surface area (Å²) >= 11 is 0. The Bertz CT molecular complexity index is 472. The summed E-state index contributed by atoms with van der Waals surface area (Å²) in [4.78, 5) is 0.315. The molecule has 4 nitrogen and oxygen atoms in total. The van der Waals surface area contributed by atoms with Crippen molar-refractivity contribution in [3.05, 3.63) is 24.3 Å². The Labute approximate surface area is 110 Å². The zero-order chi connectivity index (χ0) is 13.6. The molecular formula is C13H22N2O2S. The molecular weight excluding hydrogens is 248 g/mol. The fourth-order valence-electron chi connectivity index (χ4n) is 1.86. The van der Waals surface area contributed by atoms with Crippen molar-refractivity contribution in [3.63, 3.8) is 0 Å². The lowest BCUT2D eigenvalue weighted by Crippen LogP contribution is -2.32. The lowest BCUT2D eigenvalue weighted by atomic mass is 10.2. The molecule has 2 N–H and O–H groups in total. The normalized spacial score (nSPS) is 13.3.